The smallest absolute Gasteiger partial charge is 0.255 e. The third-order valence-electron chi connectivity index (χ3n) is 3.34. The van der Waals surface area contributed by atoms with E-state index >= 15 is 0 Å². The fourth-order valence-corrected chi connectivity index (χ4v) is 2.39. The number of amides is 2. The first-order chi connectivity index (χ1) is 11.0. The second-order valence-electron chi connectivity index (χ2n) is 5.45. The summed E-state index contributed by atoms with van der Waals surface area (Å²) in [6.07, 6.45) is 3.41. The Morgan fingerprint density at radius 2 is 2.00 bits per heavy atom. The molecule has 0 saturated heterocycles. The summed E-state index contributed by atoms with van der Waals surface area (Å²) in [5, 5.41) is 6.17. The predicted molar refractivity (Wildman–Crippen MR) is 88.4 cm³/mol. The number of hydrogen-bond acceptors (Lipinski definition) is 3. The molecule has 1 aromatic carbocycles. The third-order valence-corrected chi connectivity index (χ3v) is 3.58. The highest BCUT2D eigenvalue weighted by atomic mass is 35.5. The van der Waals surface area contributed by atoms with Gasteiger partial charge in [0.2, 0.25) is 5.91 Å². The molecule has 5 nitrogen and oxygen atoms in total. The Kier molecular flexibility index (Phi) is 5.82. The average molecular weight is 335 g/mol. The molecule has 0 aliphatic carbocycles. The molecule has 2 atom stereocenters. The van der Waals surface area contributed by atoms with Crippen molar-refractivity contribution in [3.05, 3.63) is 59.0 Å². The Hall–Kier alpha value is -2.27. The number of nitrogens with one attached hydrogen (secondary N) is 2. The summed E-state index contributed by atoms with van der Waals surface area (Å²) < 4.78 is 4.85. The quantitative estimate of drug-likeness (QED) is 0.853. The first-order valence-corrected chi connectivity index (χ1v) is 7.71. The molecule has 1 aromatic heterocycles. The third kappa shape index (κ3) is 5.14. The maximum absolute atomic E-state index is 12.1. The van der Waals surface area contributed by atoms with Crippen LogP contribution in [-0.4, -0.2) is 23.9 Å². The monoisotopic (exact) mass is 334 g/mol. The molecule has 1 heterocycles. The summed E-state index contributed by atoms with van der Waals surface area (Å²) in [6.45, 7) is 3.54. The van der Waals surface area contributed by atoms with E-state index in [1.165, 1.54) is 12.5 Å². The van der Waals surface area contributed by atoms with Gasteiger partial charge in [-0.2, -0.15) is 0 Å². The summed E-state index contributed by atoms with van der Waals surface area (Å²) in [5.41, 5.74) is 1.43. The Morgan fingerprint density at radius 3 is 2.65 bits per heavy atom. The molecule has 6 heteroatoms. The maximum Gasteiger partial charge on any atom is 0.255 e. The first-order valence-electron chi connectivity index (χ1n) is 7.33. The van der Waals surface area contributed by atoms with Gasteiger partial charge in [0.05, 0.1) is 11.8 Å². The van der Waals surface area contributed by atoms with Crippen molar-refractivity contribution in [2.75, 3.05) is 0 Å². The van der Waals surface area contributed by atoms with E-state index in [2.05, 4.69) is 10.6 Å². The van der Waals surface area contributed by atoms with E-state index < -0.39 is 6.04 Å². The minimum absolute atomic E-state index is 0.0748. The minimum atomic E-state index is -0.640. The van der Waals surface area contributed by atoms with E-state index in [9.17, 15) is 9.59 Å². The van der Waals surface area contributed by atoms with Crippen molar-refractivity contribution < 1.29 is 14.0 Å². The highest BCUT2D eigenvalue weighted by molar-refractivity contribution is 6.30. The molecule has 0 aliphatic rings. The molecule has 0 spiro atoms. The van der Waals surface area contributed by atoms with E-state index in [0.717, 1.165) is 5.56 Å². The normalized spacial score (nSPS) is 13.2. The van der Waals surface area contributed by atoms with Gasteiger partial charge in [-0.1, -0.05) is 23.7 Å². The van der Waals surface area contributed by atoms with E-state index in [1.807, 2.05) is 31.2 Å². The molecule has 122 valence electrons. The Labute approximate surface area is 140 Å². The lowest BCUT2D eigenvalue weighted by atomic mass is 10.1. The highest BCUT2D eigenvalue weighted by Crippen LogP contribution is 2.12. The number of carbonyl (C=O) groups is 2. The average Bonchev–Trinajstić information content (AvgIpc) is 3.01. The number of hydrogen-bond donors (Lipinski definition) is 2. The largest absolute Gasteiger partial charge is 0.472 e. The van der Waals surface area contributed by atoms with Crippen molar-refractivity contribution in [2.24, 2.45) is 0 Å². The topological polar surface area (TPSA) is 71.3 Å². The second-order valence-corrected chi connectivity index (χ2v) is 5.89. The molecule has 2 N–H and O–H groups in total. The first kappa shape index (κ1) is 17.1. The van der Waals surface area contributed by atoms with Gasteiger partial charge in [-0.3, -0.25) is 9.59 Å². The summed E-state index contributed by atoms with van der Waals surface area (Å²) in [5.74, 6) is -0.583. The van der Waals surface area contributed by atoms with Crippen LogP contribution in [0.4, 0.5) is 0 Å². The van der Waals surface area contributed by atoms with Crippen LogP contribution in [0.2, 0.25) is 5.02 Å². The lowest BCUT2D eigenvalue weighted by molar-refractivity contribution is -0.123. The highest BCUT2D eigenvalue weighted by Gasteiger charge is 2.18. The van der Waals surface area contributed by atoms with Crippen LogP contribution in [-0.2, 0) is 11.2 Å². The van der Waals surface area contributed by atoms with E-state index in [0.29, 0.717) is 17.0 Å². The van der Waals surface area contributed by atoms with Crippen LogP contribution in [0.3, 0.4) is 0 Å². The van der Waals surface area contributed by atoms with Crippen molar-refractivity contribution in [2.45, 2.75) is 32.4 Å². The van der Waals surface area contributed by atoms with Crippen LogP contribution in [0.15, 0.2) is 47.3 Å². The van der Waals surface area contributed by atoms with Crippen molar-refractivity contribution in [1.82, 2.24) is 10.6 Å². The van der Waals surface area contributed by atoms with Gasteiger partial charge in [0, 0.05) is 11.1 Å². The molecular formula is C17H19ClN2O3. The fourth-order valence-electron chi connectivity index (χ4n) is 2.18. The molecule has 0 bridgehead atoms. The van der Waals surface area contributed by atoms with Crippen LogP contribution in [0.5, 0.6) is 0 Å². The summed E-state index contributed by atoms with van der Waals surface area (Å²) in [7, 11) is 0. The summed E-state index contributed by atoms with van der Waals surface area (Å²) >= 11 is 5.95. The fraction of sp³-hybridized carbons (Fsp3) is 0.294. The van der Waals surface area contributed by atoms with Gasteiger partial charge >= 0.3 is 0 Å². The molecule has 0 saturated carbocycles. The zero-order valence-electron chi connectivity index (χ0n) is 13.0. The Bertz CT molecular complexity index is 670. The molecule has 2 rings (SSSR count). The van der Waals surface area contributed by atoms with Crippen LogP contribution in [0, 0.1) is 0 Å². The van der Waals surface area contributed by atoms with E-state index in [-0.39, 0.29) is 17.9 Å². The molecule has 23 heavy (non-hydrogen) atoms. The molecule has 2 amide bonds. The summed E-state index contributed by atoms with van der Waals surface area (Å²) in [4.78, 5) is 24.0. The molecule has 0 radical (unpaired) electrons. The van der Waals surface area contributed by atoms with Crippen LogP contribution in [0.25, 0.3) is 0 Å². The molecule has 0 fully saturated rings. The minimum Gasteiger partial charge on any atom is -0.472 e. The van der Waals surface area contributed by atoms with Gasteiger partial charge in [0.15, 0.2) is 0 Å². The van der Waals surface area contributed by atoms with Gasteiger partial charge in [-0.05, 0) is 44.0 Å². The zero-order valence-corrected chi connectivity index (χ0v) is 13.8. The van der Waals surface area contributed by atoms with Gasteiger partial charge in [0.1, 0.15) is 12.3 Å². The van der Waals surface area contributed by atoms with Crippen LogP contribution >= 0.6 is 11.6 Å². The Balaban J connectivity index is 1.84. The zero-order chi connectivity index (χ0) is 16.8. The second kappa shape index (κ2) is 7.83. The molecule has 0 unspecified atom stereocenters. The van der Waals surface area contributed by atoms with E-state index in [1.54, 1.807) is 13.0 Å². The number of halogens is 1. The number of carbonyl (C=O) groups excluding carboxylic acids is 2. The lowest BCUT2D eigenvalue weighted by Crippen LogP contribution is -2.47. The molecular weight excluding hydrogens is 316 g/mol. The number of benzene rings is 1. The maximum atomic E-state index is 12.1. The number of rotatable bonds is 6. The van der Waals surface area contributed by atoms with Gasteiger partial charge in [-0.15, -0.1) is 0 Å². The molecule has 2 aromatic rings. The lowest BCUT2D eigenvalue weighted by Gasteiger charge is -2.18. The van der Waals surface area contributed by atoms with Crippen molar-refractivity contribution >= 4 is 23.4 Å². The SMILES string of the molecule is C[C@H](Cc1cccc(Cl)c1)NC(=O)[C@H](C)NC(=O)c1ccoc1. The molecule has 0 aliphatic heterocycles. The predicted octanol–water partition coefficient (Wildman–Crippen LogP) is 2.80. The van der Waals surface area contributed by atoms with Gasteiger partial charge < -0.3 is 15.1 Å². The standard InChI is InChI=1S/C17H19ClN2O3/c1-11(8-13-4-3-5-15(18)9-13)19-16(21)12(2)20-17(22)14-6-7-23-10-14/h3-7,9-12H,8H2,1-2H3,(H,19,21)(H,20,22)/t11-,12+/m1/s1. The van der Waals surface area contributed by atoms with Crippen molar-refractivity contribution in [3.63, 3.8) is 0 Å². The Morgan fingerprint density at radius 1 is 1.22 bits per heavy atom. The summed E-state index contributed by atoms with van der Waals surface area (Å²) in [6, 6.07) is 8.34. The van der Waals surface area contributed by atoms with Crippen LogP contribution < -0.4 is 10.6 Å². The van der Waals surface area contributed by atoms with Crippen LogP contribution in [0.1, 0.15) is 29.8 Å². The number of furan rings is 1. The van der Waals surface area contributed by atoms with Crippen molar-refractivity contribution in [3.8, 4) is 0 Å². The van der Waals surface area contributed by atoms with Crippen molar-refractivity contribution in [1.29, 1.82) is 0 Å². The van der Waals surface area contributed by atoms with E-state index in [4.69, 9.17) is 16.0 Å². The van der Waals surface area contributed by atoms with Gasteiger partial charge in [0.25, 0.3) is 5.91 Å². The van der Waals surface area contributed by atoms with Gasteiger partial charge in [-0.25, -0.2) is 0 Å².